The van der Waals surface area contributed by atoms with Crippen LogP contribution in [0.15, 0.2) is 23.1 Å². The average Bonchev–Trinajstić information content (AvgIpc) is 2.30. The first kappa shape index (κ1) is 14.0. The highest BCUT2D eigenvalue weighted by atomic mass is 32.2. The first-order valence-electron chi connectivity index (χ1n) is 5.62. The fraction of sp³-hybridized carbons (Fsp3) is 0.462. The van der Waals surface area contributed by atoms with Gasteiger partial charge in [0.2, 0.25) is 0 Å². The van der Waals surface area contributed by atoms with E-state index in [0.29, 0.717) is 0 Å². The molecule has 0 aromatic heterocycles. The van der Waals surface area contributed by atoms with Gasteiger partial charge in [-0.15, -0.1) is 11.8 Å². The van der Waals surface area contributed by atoms with Crippen molar-refractivity contribution >= 4 is 11.8 Å². The maximum absolute atomic E-state index is 9.13. The summed E-state index contributed by atoms with van der Waals surface area (Å²) < 4.78 is 0. The van der Waals surface area contributed by atoms with Crippen molar-refractivity contribution in [2.24, 2.45) is 0 Å². The predicted molar refractivity (Wildman–Crippen MR) is 73.2 cm³/mol. The van der Waals surface area contributed by atoms with Gasteiger partial charge in [-0.3, -0.25) is 0 Å². The lowest BCUT2D eigenvalue weighted by molar-refractivity contribution is 0.437. The molecule has 0 fully saturated rings. The van der Waals surface area contributed by atoms with E-state index in [0.717, 1.165) is 34.9 Å². The molecule has 3 nitrogen and oxygen atoms in total. The maximum atomic E-state index is 9.13. The maximum Gasteiger partial charge on any atom is 0.100 e. The van der Waals surface area contributed by atoms with Gasteiger partial charge in [0.25, 0.3) is 0 Å². The second kappa shape index (κ2) is 7.33. The van der Waals surface area contributed by atoms with Gasteiger partial charge in [-0.25, -0.2) is 0 Å². The molecule has 0 bridgehead atoms. The smallest absolute Gasteiger partial charge is 0.100 e. The van der Waals surface area contributed by atoms with E-state index >= 15 is 0 Å². The van der Waals surface area contributed by atoms with Crippen LogP contribution in [-0.4, -0.2) is 38.3 Å². The Bertz CT molecular complexity index is 396. The fourth-order valence-corrected chi connectivity index (χ4v) is 2.54. The van der Waals surface area contributed by atoms with Gasteiger partial charge in [-0.1, -0.05) is 6.07 Å². The Morgan fingerprint density at radius 3 is 2.76 bits per heavy atom. The van der Waals surface area contributed by atoms with Crippen molar-refractivity contribution in [3.63, 3.8) is 0 Å². The third-order valence-electron chi connectivity index (χ3n) is 2.34. The zero-order chi connectivity index (χ0) is 12.7. The molecule has 0 atom stereocenters. The number of hydrogen-bond acceptors (Lipinski definition) is 4. The minimum Gasteiger partial charge on any atom is -0.316 e. The van der Waals surface area contributed by atoms with Crippen molar-refractivity contribution in [1.82, 2.24) is 10.2 Å². The molecule has 17 heavy (non-hydrogen) atoms. The first-order valence-corrected chi connectivity index (χ1v) is 6.61. The van der Waals surface area contributed by atoms with Crippen LogP contribution >= 0.6 is 11.8 Å². The van der Waals surface area contributed by atoms with Crippen molar-refractivity contribution < 1.29 is 0 Å². The molecule has 0 amide bonds. The van der Waals surface area contributed by atoms with Gasteiger partial charge in [0.1, 0.15) is 6.07 Å². The fourth-order valence-electron chi connectivity index (χ4n) is 1.44. The Morgan fingerprint density at radius 2 is 2.18 bits per heavy atom. The van der Waals surface area contributed by atoms with Crippen LogP contribution < -0.4 is 5.32 Å². The number of nitriles is 1. The summed E-state index contributed by atoms with van der Waals surface area (Å²) in [5.74, 6) is 1.01. The Kier molecular flexibility index (Phi) is 6.06. The third-order valence-corrected chi connectivity index (χ3v) is 3.40. The number of nitrogens with one attached hydrogen (secondary N) is 1. The molecule has 0 aliphatic rings. The summed E-state index contributed by atoms with van der Waals surface area (Å²) in [6.45, 7) is 1.82. The van der Waals surface area contributed by atoms with Gasteiger partial charge in [0.15, 0.2) is 0 Å². The lowest BCUT2D eigenvalue weighted by atomic mass is 10.1. The highest BCUT2D eigenvalue weighted by Gasteiger charge is 2.04. The predicted octanol–water partition coefficient (Wildman–Crippen LogP) is 1.93. The minimum absolute atomic E-state index is 0.779. The molecule has 92 valence electrons. The number of rotatable bonds is 6. The summed E-state index contributed by atoms with van der Waals surface area (Å²) in [7, 11) is 6.02. The van der Waals surface area contributed by atoms with Gasteiger partial charge >= 0.3 is 0 Å². The molecule has 0 unspecified atom stereocenters. The van der Waals surface area contributed by atoms with Crippen LogP contribution in [0.5, 0.6) is 0 Å². The van der Waals surface area contributed by atoms with Crippen LogP contribution in [0.2, 0.25) is 0 Å². The summed E-state index contributed by atoms with van der Waals surface area (Å²) in [6.07, 6.45) is 0. The van der Waals surface area contributed by atoms with Crippen molar-refractivity contribution in [2.45, 2.75) is 11.4 Å². The Labute approximate surface area is 108 Å². The standard InChI is InChI=1S/C13H19N3S/c1-15-10-11-4-5-13(12(8-11)9-14)17-7-6-16(2)3/h4-5,8,15H,6-7,10H2,1-3H3. The normalized spacial score (nSPS) is 10.5. The van der Waals surface area contributed by atoms with E-state index in [9.17, 15) is 0 Å². The van der Waals surface area contributed by atoms with Gasteiger partial charge in [0, 0.05) is 23.7 Å². The summed E-state index contributed by atoms with van der Waals surface area (Å²) in [5.41, 5.74) is 1.93. The molecule has 0 radical (unpaired) electrons. The number of nitrogens with zero attached hydrogens (tertiary/aromatic N) is 2. The highest BCUT2D eigenvalue weighted by molar-refractivity contribution is 7.99. The molecule has 0 aliphatic heterocycles. The SMILES string of the molecule is CNCc1ccc(SCCN(C)C)c(C#N)c1. The number of benzene rings is 1. The van der Waals surface area contributed by atoms with Crippen LogP contribution in [0.25, 0.3) is 0 Å². The molecule has 1 aromatic rings. The van der Waals surface area contributed by atoms with Crippen LogP contribution in [-0.2, 0) is 6.54 Å². The van der Waals surface area contributed by atoms with Crippen LogP contribution in [0, 0.1) is 11.3 Å². The van der Waals surface area contributed by atoms with E-state index < -0.39 is 0 Å². The number of hydrogen-bond donors (Lipinski definition) is 1. The largest absolute Gasteiger partial charge is 0.316 e. The van der Waals surface area contributed by atoms with Gasteiger partial charge < -0.3 is 10.2 Å². The zero-order valence-corrected chi connectivity index (χ0v) is 11.5. The van der Waals surface area contributed by atoms with E-state index in [4.69, 9.17) is 5.26 Å². The van der Waals surface area contributed by atoms with Crippen molar-refractivity contribution in [1.29, 1.82) is 5.26 Å². The summed E-state index contributed by atoms with van der Waals surface area (Å²) in [4.78, 5) is 3.23. The second-order valence-corrected chi connectivity index (χ2v) is 5.26. The van der Waals surface area contributed by atoms with Gasteiger partial charge in [-0.2, -0.15) is 5.26 Å². The quantitative estimate of drug-likeness (QED) is 0.782. The third kappa shape index (κ3) is 4.78. The van der Waals surface area contributed by atoms with E-state index in [1.165, 1.54) is 0 Å². The zero-order valence-electron chi connectivity index (χ0n) is 10.7. The van der Waals surface area contributed by atoms with Gasteiger partial charge in [-0.05, 0) is 38.8 Å². The molecule has 1 N–H and O–H groups in total. The Hall–Kier alpha value is -1.02. The van der Waals surface area contributed by atoms with Crippen LogP contribution in [0.4, 0.5) is 0 Å². The molecule has 0 heterocycles. The monoisotopic (exact) mass is 249 g/mol. The molecule has 1 aromatic carbocycles. The molecule has 1 rings (SSSR count). The topological polar surface area (TPSA) is 39.1 Å². The molecule has 0 aliphatic carbocycles. The van der Waals surface area contributed by atoms with Crippen LogP contribution in [0.3, 0.4) is 0 Å². The summed E-state index contributed by atoms with van der Waals surface area (Å²) in [5, 5.41) is 12.2. The van der Waals surface area contributed by atoms with E-state index in [1.54, 1.807) is 11.8 Å². The molecule has 0 saturated carbocycles. The minimum atomic E-state index is 0.779. The molecular weight excluding hydrogens is 230 g/mol. The van der Waals surface area contributed by atoms with Gasteiger partial charge in [0.05, 0.1) is 5.56 Å². The van der Waals surface area contributed by atoms with Crippen LogP contribution in [0.1, 0.15) is 11.1 Å². The highest BCUT2D eigenvalue weighted by Crippen LogP contribution is 2.23. The molecule has 0 saturated heterocycles. The summed E-state index contributed by atoms with van der Waals surface area (Å²) >= 11 is 1.74. The first-order chi connectivity index (χ1) is 8.17. The van der Waals surface area contributed by atoms with Crippen molar-refractivity contribution in [2.75, 3.05) is 33.4 Å². The van der Waals surface area contributed by atoms with Crippen molar-refractivity contribution in [3.05, 3.63) is 29.3 Å². The second-order valence-electron chi connectivity index (χ2n) is 4.12. The Balaban J connectivity index is 2.69. The molecule has 0 spiro atoms. The average molecular weight is 249 g/mol. The lowest BCUT2D eigenvalue weighted by Gasteiger charge is -2.10. The molecule has 4 heteroatoms. The van der Waals surface area contributed by atoms with E-state index in [2.05, 4.69) is 36.4 Å². The molecular formula is C13H19N3S. The Morgan fingerprint density at radius 1 is 1.41 bits per heavy atom. The lowest BCUT2D eigenvalue weighted by Crippen LogP contribution is -2.14. The van der Waals surface area contributed by atoms with E-state index in [-0.39, 0.29) is 0 Å². The summed E-state index contributed by atoms with van der Waals surface area (Å²) in [6, 6.07) is 8.36. The van der Waals surface area contributed by atoms with Crippen molar-refractivity contribution in [3.8, 4) is 6.07 Å². The number of thioether (sulfide) groups is 1. The van der Waals surface area contributed by atoms with E-state index in [1.807, 2.05) is 19.2 Å².